The van der Waals surface area contributed by atoms with Crippen LogP contribution in [0.15, 0.2) is 11.9 Å². The van der Waals surface area contributed by atoms with Crippen LogP contribution in [0.4, 0.5) is 0 Å². The van der Waals surface area contributed by atoms with Crippen molar-refractivity contribution in [3.63, 3.8) is 0 Å². The van der Waals surface area contributed by atoms with E-state index in [0.29, 0.717) is 6.04 Å². The van der Waals surface area contributed by atoms with Crippen molar-refractivity contribution in [1.29, 1.82) is 0 Å². The molecule has 0 saturated carbocycles. The molecule has 1 aliphatic heterocycles. The van der Waals surface area contributed by atoms with E-state index in [9.17, 15) is 0 Å². The first-order valence-corrected chi connectivity index (χ1v) is 3.38. The number of hydrogen-bond acceptors (Lipinski definition) is 2. The summed E-state index contributed by atoms with van der Waals surface area (Å²) in [5.74, 6) is 0. The van der Waals surface area contributed by atoms with Gasteiger partial charge in [0.25, 0.3) is 0 Å². The second-order valence-corrected chi connectivity index (χ2v) is 2.71. The van der Waals surface area contributed by atoms with Gasteiger partial charge in [-0.15, -0.1) is 0 Å². The Bertz CT molecular complexity index is 127. The summed E-state index contributed by atoms with van der Waals surface area (Å²) in [5, 5.41) is 3.17. The lowest BCUT2D eigenvalue weighted by molar-refractivity contribution is 0.301. The lowest BCUT2D eigenvalue weighted by Gasteiger charge is -2.23. The number of allylic oxidation sites excluding steroid dienone is 1. The molecule has 0 aliphatic carbocycles. The second kappa shape index (κ2) is 2.29. The van der Waals surface area contributed by atoms with E-state index in [0.717, 1.165) is 6.67 Å². The normalized spacial score (nSPS) is 18.2. The van der Waals surface area contributed by atoms with Crippen molar-refractivity contribution in [1.82, 2.24) is 10.2 Å². The average molecular weight is 126 g/mol. The molecule has 0 atom stereocenters. The van der Waals surface area contributed by atoms with Crippen molar-refractivity contribution in [2.75, 3.05) is 6.67 Å². The fourth-order valence-electron chi connectivity index (χ4n) is 1.09. The summed E-state index contributed by atoms with van der Waals surface area (Å²) in [6.45, 7) is 7.50. The van der Waals surface area contributed by atoms with E-state index in [1.165, 1.54) is 5.70 Å². The maximum absolute atomic E-state index is 3.17. The lowest BCUT2D eigenvalue weighted by atomic mass is 10.3. The molecule has 0 aromatic rings. The van der Waals surface area contributed by atoms with Crippen molar-refractivity contribution in [3.05, 3.63) is 11.9 Å². The van der Waals surface area contributed by atoms with Crippen molar-refractivity contribution in [2.24, 2.45) is 0 Å². The molecular weight excluding hydrogens is 112 g/mol. The maximum atomic E-state index is 3.17. The molecular formula is C7H14N2. The molecule has 1 heterocycles. The highest BCUT2D eigenvalue weighted by molar-refractivity contribution is 5.02. The largest absolute Gasteiger partial charge is 0.372 e. The van der Waals surface area contributed by atoms with Gasteiger partial charge in [-0.05, 0) is 20.8 Å². The van der Waals surface area contributed by atoms with Gasteiger partial charge in [0.05, 0.1) is 6.67 Å². The van der Waals surface area contributed by atoms with Crippen LogP contribution in [0.2, 0.25) is 0 Å². The maximum Gasteiger partial charge on any atom is 0.0872 e. The lowest BCUT2D eigenvalue weighted by Crippen LogP contribution is -2.29. The Hall–Kier alpha value is -0.660. The van der Waals surface area contributed by atoms with Crippen molar-refractivity contribution < 1.29 is 0 Å². The molecule has 0 bridgehead atoms. The molecule has 0 amide bonds. The molecule has 1 rings (SSSR count). The van der Waals surface area contributed by atoms with E-state index in [4.69, 9.17) is 0 Å². The third-order valence-electron chi connectivity index (χ3n) is 1.65. The van der Waals surface area contributed by atoms with Crippen LogP contribution in [-0.4, -0.2) is 17.6 Å². The van der Waals surface area contributed by atoms with Crippen molar-refractivity contribution >= 4 is 0 Å². The third kappa shape index (κ3) is 1.18. The average Bonchev–Trinajstić information content (AvgIpc) is 2.13. The molecule has 9 heavy (non-hydrogen) atoms. The molecule has 0 fully saturated rings. The van der Waals surface area contributed by atoms with E-state index in [1.807, 2.05) is 0 Å². The highest BCUT2D eigenvalue weighted by atomic mass is 15.3. The molecule has 2 nitrogen and oxygen atoms in total. The Balaban J connectivity index is 2.53. The van der Waals surface area contributed by atoms with Crippen LogP contribution in [0.3, 0.4) is 0 Å². The molecule has 0 spiro atoms. The summed E-state index contributed by atoms with van der Waals surface area (Å²) >= 11 is 0. The van der Waals surface area contributed by atoms with Crippen LogP contribution < -0.4 is 5.32 Å². The Kier molecular flexibility index (Phi) is 1.65. The molecule has 0 unspecified atom stereocenters. The zero-order chi connectivity index (χ0) is 6.85. The van der Waals surface area contributed by atoms with Gasteiger partial charge >= 0.3 is 0 Å². The Labute approximate surface area is 56.5 Å². The fourth-order valence-corrected chi connectivity index (χ4v) is 1.09. The van der Waals surface area contributed by atoms with Gasteiger partial charge in [-0.25, -0.2) is 0 Å². The van der Waals surface area contributed by atoms with E-state index in [1.54, 1.807) is 0 Å². The number of nitrogens with one attached hydrogen (secondary N) is 1. The molecule has 0 aromatic carbocycles. The number of nitrogens with zero attached hydrogens (tertiary/aromatic N) is 1. The quantitative estimate of drug-likeness (QED) is 0.566. The van der Waals surface area contributed by atoms with Crippen LogP contribution >= 0.6 is 0 Å². The minimum absolute atomic E-state index is 0.622. The predicted molar refractivity (Wildman–Crippen MR) is 38.7 cm³/mol. The topological polar surface area (TPSA) is 15.3 Å². The molecule has 52 valence electrons. The van der Waals surface area contributed by atoms with Gasteiger partial charge in [-0.1, -0.05) is 0 Å². The van der Waals surface area contributed by atoms with Crippen LogP contribution in [-0.2, 0) is 0 Å². The second-order valence-electron chi connectivity index (χ2n) is 2.71. The molecule has 0 saturated heterocycles. The Morgan fingerprint density at radius 3 is 2.56 bits per heavy atom. The van der Waals surface area contributed by atoms with Crippen molar-refractivity contribution in [3.8, 4) is 0 Å². The van der Waals surface area contributed by atoms with E-state index in [2.05, 4.69) is 37.2 Å². The van der Waals surface area contributed by atoms with Gasteiger partial charge in [-0.2, -0.15) is 0 Å². The first-order chi connectivity index (χ1) is 4.22. The van der Waals surface area contributed by atoms with Crippen molar-refractivity contribution in [2.45, 2.75) is 26.8 Å². The van der Waals surface area contributed by atoms with Gasteiger partial charge in [0.2, 0.25) is 0 Å². The van der Waals surface area contributed by atoms with E-state index >= 15 is 0 Å². The monoisotopic (exact) mass is 126 g/mol. The molecule has 0 radical (unpaired) electrons. The van der Waals surface area contributed by atoms with Crippen LogP contribution in [0, 0.1) is 0 Å². The summed E-state index contributed by atoms with van der Waals surface area (Å²) in [5.41, 5.74) is 1.34. The molecule has 2 heteroatoms. The van der Waals surface area contributed by atoms with Gasteiger partial charge < -0.3 is 10.2 Å². The Morgan fingerprint density at radius 2 is 2.33 bits per heavy atom. The predicted octanol–water partition coefficient (Wildman–Crippen LogP) is 1.12. The zero-order valence-corrected chi connectivity index (χ0v) is 6.31. The van der Waals surface area contributed by atoms with Gasteiger partial charge in [0, 0.05) is 17.9 Å². The summed E-state index contributed by atoms with van der Waals surface area (Å²) in [7, 11) is 0. The SMILES string of the molecule is CC1=CNCN1C(C)C. The van der Waals surface area contributed by atoms with Crippen LogP contribution in [0.25, 0.3) is 0 Å². The molecule has 1 aliphatic rings. The summed E-state index contributed by atoms with van der Waals surface area (Å²) in [6.07, 6.45) is 2.06. The number of hydrogen-bond donors (Lipinski definition) is 1. The molecule has 1 N–H and O–H groups in total. The first kappa shape index (κ1) is 6.46. The van der Waals surface area contributed by atoms with E-state index in [-0.39, 0.29) is 0 Å². The summed E-state index contributed by atoms with van der Waals surface area (Å²) in [6, 6.07) is 0.622. The Morgan fingerprint density at radius 1 is 1.67 bits per heavy atom. The fraction of sp³-hybridized carbons (Fsp3) is 0.714. The smallest absolute Gasteiger partial charge is 0.0872 e. The van der Waals surface area contributed by atoms with Gasteiger partial charge in [0.15, 0.2) is 0 Å². The van der Waals surface area contributed by atoms with Gasteiger partial charge in [-0.3, -0.25) is 0 Å². The van der Waals surface area contributed by atoms with Crippen LogP contribution in [0.5, 0.6) is 0 Å². The third-order valence-corrected chi connectivity index (χ3v) is 1.65. The van der Waals surface area contributed by atoms with Crippen LogP contribution in [0.1, 0.15) is 20.8 Å². The first-order valence-electron chi connectivity index (χ1n) is 3.38. The highest BCUT2D eigenvalue weighted by Crippen LogP contribution is 2.10. The summed E-state index contributed by atoms with van der Waals surface area (Å²) in [4.78, 5) is 2.32. The summed E-state index contributed by atoms with van der Waals surface area (Å²) < 4.78 is 0. The zero-order valence-electron chi connectivity index (χ0n) is 6.31. The minimum Gasteiger partial charge on any atom is -0.372 e. The number of rotatable bonds is 1. The highest BCUT2D eigenvalue weighted by Gasteiger charge is 2.12. The molecule has 0 aromatic heterocycles. The standard InChI is InChI=1S/C7H14N2/c1-6(2)9-5-8-4-7(9)3/h4,6,8H,5H2,1-3H3. The minimum atomic E-state index is 0.622. The van der Waals surface area contributed by atoms with E-state index < -0.39 is 0 Å². The van der Waals surface area contributed by atoms with Gasteiger partial charge in [0.1, 0.15) is 0 Å².